The fourth-order valence-corrected chi connectivity index (χ4v) is 3.22. The van der Waals surface area contributed by atoms with Gasteiger partial charge in [-0.05, 0) is 55.5 Å². The molecule has 0 saturated carbocycles. The number of aromatic nitrogens is 2. The maximum atomic E-state index is 12.4. The number of carbonyl (C=O) groups is 1. The molecule has 4 heteroatoms. The lowest BCUT2D eigenvalue weighted by Gasteiger charge is -2.12. The monoisotopic (exact) mass is 361 g/mol. The first-order chi connectivity index (χ1) is 13.0. The van der Waals surface area contributed by atoms with E-state index >= 15 is 0 Å². The molecule has 0 fully saturated rings. The first-order valence-electron chi connectivity index (χ1n) is 9.46. The van der Waals surface area contributed by atoms with Gasteiger partial charge in [0, 0.05) is 17.8 Å². The molecule has 4 nitrogen and oxygen atoms in total. The summed E-state index contributed by atoms with van der Waals surface area (Å²) in [6.07, 6.45) is 0.922. The molecule has 1 atom stereocenters. The van der Waals surface area contributed by atoms with Crippen LogP contribution in [-0.2, 0) is 6.54 Å². The summed E-state index contributed by atoms with van der Waals surface area (Å²) in [5.74, 6) is 0.405. The van der Waals surface area contributed by atoms with Crippen LogP contribution in [0.2, 0.25) is 0 Å². The smallest absolute Gasteiger partial charge is 0.251 e. The van der Waals surface area contributed by atoms with Crippen molar-refractivity contribution >= 4 is 5.91 Å². The van der Waals surface area contributed by atoms with Crippen molar-refractivity contribution in [3.63, 3.8) is 0 Å². The summed E-state index contributed by atoms with van der Waals surface area (Å²) in [5, 5.41) is 7.51. The lowest BCUT2D eigenvalue weighted by Crippen LogP contribution is -2.25. The van der Waals surface area contributed by atoms with Crippen molar-refractivity contribution in [1.82, 2.24) is 15.1 Å². The van der Waals surface area contributed by atoms with Gasteiger partial charge in [0.2, 0.25) is 0 Å². The molecule has 1 amide bonds. The molecule has 0 aliphatic carbocycles. The molecule has 3 aromatic rings. The van der Waals surface area contributed by atoms with E-state index in [1.54, 1.807) is 0 Å². The van der Waals surface area contributed by atoms with Crippen LogP contribution in [0.25, 0.3) is 0 Å². The van der Waals surface area contributed by atoms with Crippen LogP contribution in [0, 0.1) is 13.8 Å². The van der Waals surface area contributed by atoms with Crippen molar-refractivity contribution < 1.29 is 4.79 Å². The molecule has 140 valence electrons. The normalized spacial score (nSPS) is 12.0. The van der Waals surface area contributed by atoms with Crippen LogP contribution in [0.3, 0.4) is 0 Å². The zero-order chi connectivity index (χ0) is 19.2. The molecule has 0 radical (unpaired) electrons. The van der Waals surface area contributed by atoms with Crippen molar-refractivity contribution in [1.29, 1.82) is 0 Å². The van der Waals surface area contributed by atoms with Gasteiger partial charge in [0.15, 0.2) is 0 Å². The first kappa shape index (κ1) is 18.9. The third kappa shape index (κ3) is 5.07. The van der Waals surface area contributed by atoms with Gasteiger partial charge >= 0.3 is 0 Å². The Balaban J connectivity index is 1.51. The molecule has 3 rings (SSSR count). The van der Waals surface area contributed by atoms with Crippen LogP contribution >= 0.6 is 0 Å². The van der Waals surface area contributed by atoms with E-state index in [4.69, 9.17) is 0 Å². The van der Waals surface area contributed by atoms with Gasteiger partial charge in [0.1, 0.15) is 0 Å². The first-order valence-corrected chi connectivity index (χ1v) is 9.46. The van der Waals surface area contributed by atoms with Crippen molar-refractivity contribution in [3.8, 4) is 0 Å². The molecule has 0 saturated heterocycles. The maximum absolute atomic E-state index is 12.4. The lowest BCUT2D eigenvalue weighted by molar-refractivity contribution is 0.0952. The minimum Gasteiger partial charge on any atom is -0.352 e. The summed E-state index contributed by atoms with van der Waals surface area (Å²) >= 11 is 0. The van der Waals surface area contributed by atoms with E-state index in [-0.39, 0.29) is 5.91 Å². The van der Waals surface area contributed by atoms with Crippen LogP contribution < -0.4 is 5.32 Å². The zero-order valence-electron chi connectivity index (χ0n) is 16.3. The van der Waals surface area contributed by atoms with E-state index in [9.17, 15) is 4.79 Å². The Kier molecular flexibility index (Phi) is 6.07. The molecule has 1 heterocycles. The minimum atomic E-state index is -0.0204. The van der Waals surface area contributed by atoms with Gasteiger partial charge in [-0.1, -0.05) is 49.4 Å². The molecular formula is C23H27N3O. The van der Waals surface area contributed by atoms with E-state index in [0.717, 1.165) is 29.9 Å². The Hall–Kier alpha value is -2.88. The molecule has 1 unspecified atom stereocenters. The van der Waals surface area contributed by atoms with E-state index < -0.39 is 0 Å². The number of nitrogens with zero attached hydrogens (tertiary/aromatic N) is 2. The molecule has 1 N–H and O–H groups in total. The standard InChI is InChI=1S/C23H27N3O/c1-17(21-7-5-4-6-8-21)13-14-24-23(27)22-11-9-20(10-12-22)16-26-19(3)15-18(2)25-26/h4-12,15,17H,13-14,16H2,1-3H3,(H,24,27). The van der Waals surface area contributed by atoms with E-state index in [1.807, 2.05) is 41.9 Å². The second-order valence-corrected chi connectivity index (χ2v) is 7.14. The number of nitrogens with one attached hydrogen (secondary N) is 1. The molecule has 0 bridgehead atoms. The Morgan fingerprint density at radius 2 is 1.78 bits per heavy atom. The fraction of sp³-hybridized carbons (Fsp3) is 0.304. The van der Waals surface area contributed by atoms with Gasteiger partial charge in [-0.2, -0.15) is 5.10 Å². The molecule has 2 aromatic carbocycles. The highest BCUT2D eigenvalue weighted by Gasteiger charge is 2.09. The Morgan fingerprint density at radius 1 is 1.07 bits per heavy atom. The zero-order valence-corrected chi connectivity index (χ0v) is 16.3. The molecule has 0 aliphatic heterocycles. The van der Waals surface area contributed by atoms with Crippen LogP contribution in [0.15, 0.2) is 60.7 Å². The number of carbonyl (C=O) groups excluding carboxylic acids is 1. The average Bonchev–Trinajstić information content (AvgIpc) is 2.99. The topological polar surface area (TPSA) is 46.9 Å². The molecule has 27 heavy (non-hydrogen) atoms. The van der Waals surface area contributed by atoms with Gasteiger partial charge in [-0.15, -0.1) is 0 Å². The molecule has 0 spiro atoms. The van der Waals surface area contributed by atoms with Crippen molar-refractivity contribution in [2.45, 2.75) is 39.7 Å². The van der Waals surface area contributed by atoms with Gasteiger partial charge in [0.25, 0.3) is 5.91 Å². The summed E-state index contributed by atoms with van der Waals surface area (Å²) in [4.78, 5) is 12.4. The van der Waals surface area contributed by atoms with Gasteiger partial charge < -0.3 is 5.32 Å². The van der Waals surface area contributed by atoms with Crippen molar-refractivity contribution in [3.05, 3.63) is 88.7 Å². The second-order valence-electron chi connectivity index (χ2n) is 7.14. The highest BCUT2D eigenvalue weighted by Crippen LogP contribution is 2.17. The predicted octanol–water partition coefficient (Wildman–Crippen LogP) is 4.47. The summed E-state index contributed by atoms with van der Waals surface area (Å²) < 4.78 is 1.98. The molecular weight excluding hydrogens is 334 g/mol. The van der Waals surface area contributed by atoms with Crippen LogP contribution in [0.4, 0.5) is 0 Å². The summed E-state index contributed by atoms with van der Waals surface area (Å²) in [5.41, 5.74) is 5.30. The number of aryl methyl sites for hydroxylation is 2. The Morgan fingerprint density at radius 3 is 2.41 bits per heavy atom. The van der Waals surface area contributed by atoms with Gasteiger partial charge in [0.05, 0.1) is 12.2 Å². The lowest BCUT2D eigenvalue weighted by atomic mass is 9.98. The van der Waals surface area contributed by atoms with E-state index in [1.165, 1.54) is 5.56 Å². The van der Waals surface area contributed by atoms with Crippen LogP contribution in [-0.4, -0.2) is 22.2 Å². The summed E-state index contributed by atoms with van der Waals surface area (Å²) in [6, 6.07) is 20.2. The third-order valence-electron chi connectivity index (χ3n) is 4.88. The predicted molar refractivity (Wildman–Crippen MR) is 109 cm³/mol. The Labute approximate surface area is 161 Å². The number of hydrogen-bond donors (Lipinski definition) is 1. The van der Waals surface area contributed by atoms with Crippen LogP contribution in [0.1, 0.15) is 52.1 Å². The van der Waals surface area contributed by atoms with E-state index in [2.05, 4.69) is 54.6 Å². The molecule has 0 aliphatic rings. The highest BCUT2D eigenvalue weighted by molar-refractivity contribution is 5.94. The quantitative estimate of drug-likeness (QED) is 0.675. The van der Waals surface area contributed by atoms with E-state index in [0.29, 0.717) is 18.0 Å². The van der Waals surface area contributed by atoms with Gasteiger partial charge in [-0.25, -0.2) is 0 Å². The SMILES string of the molecule is Cc1cc(C)n(Cc2ccc(C(=O)NCCC(C)c3ccccc3)cc2)n1. The Bertz CT molecular complexity index is 882. The summed E-state index contributed by atoms with van der Waals surface area (Å²) in [7, 11) is 0. The number of benzene rings is 2. The van der Waals surface area contributed by atoms with Crippen molar-refractivity contribution in [2.75, 3.05) is 6.54 Å². The highest BCUT2D eigenvalue weighted by atomic mass is 16.1. The largest absolute Gasteiger partial charge is 0.352 e. The number of rotatable bonds is 7. The minimum absolute atomic E-state index is 0.0204. The number of amides is 1. The fourth-order valence-electron chi connectivity index (χ4n) is 3.22. The second kappa shape index (κ2) is 8.67. The summed E-state index contributed by atoms with van der Waals surface area (Å²) in [6.45, 7) is 7.63. The maximum Gasteiger partial charge on any atom is 0.251 e. The van der Waals surface area contributed by atoms with Crippen molar-refractivity contribution in [2.24, 2.45) is 0 Å². The third-order valence-corrected chi connectivity index (χ3v) is 4.88. The molecule has 1 aromatic heterocycles. The average molecular weight is 361 g/mol. The van der Waals surface area contributed by atoms with Gasteiger partial charge in [-0.3, -0.25) is 9.48 Å². The number of hydrogen-bond acceptors (Lipinski definition) is 2. The van der Waals surface area contributed by atoms with Crippen LogP contribution in [0.5, 0.6) is 0 Å².